The quantitative estimate of drug-likeness (QED) is 0.813. The first-order valence-corrected chi connectivity index (χ1v) is 7.43. The molecule has 0 spiro atoms. The van der Waals surface area contributed by atoms with Crippen molar-refractivity contribution >= 4 is 29.2 Å². The van der Waals surface area contributed by atoms with Crippen molar-refractivity contribution in [3.8, 4) is 5.75 Å². The van der Waals surface area contributed by atoms with Crippen molar-refractivity contribution in [2.45, 2.75) is 6.18 Å². The summed E-state index contributed by atoms with van der Waals surface area (Å²) in [7, 11) is 0. The van der Waals surface area contributed by atoms with Crippen LogP contribution in [0.15, 0.2) is 42.5 Å². The molecule has 2 aromatic rings. The number of carboxylic acids is 1. The van der Waals surface area contributed by atoms with Crippen molar-refractivity contribution in [1.82, 2.24) is 0 Å². The summed E-state index contributed by atoms with van der Waals surface area (Å²) < 4.78 is 43.3. The fourth-order valence-corrected chi connectivity index (χ4v) is 2.49. The first-order valence-electron chi connectivity index (χ1n) is 7.43. The predicted molar refractivity (Wildman–Crippen MR) is 87.5 cm³/mol. The molecule has 2 N–H and O–H groups in total. The van der Waals surface area contributed by atoms with Gasteiger partial charge in [0.2, 0.25) is 0 Å². The monoisotopic (exact) mass is 363 g/mol. The molecule has 0 atom stereocenters. The Morgan fingerprint density at radius 2 is 1.85 bits per heavy atom. The predicted octanol–water partition coefficient (Wildman–Crippen LogP) is 3.66. The number of benzene rings is 2. The molecule has 0 aliphatic carbocycles. The molecule has 8 heteroatoms. The van der Waals surface area contributed by atoms with E-state index in [4.69, 9.17) is 9.84 Å². The topological polar surface area (TPSA) is 75.6 Å². The SMILES string of the molecule is O=C(O)COc1ccc(/C=C2\C(=O)Nc3cc(C(F)(F)F)ccc32)cc1. The van der Waals surface area contributed by atoms with Gasteiger partial charge in [0.1, 0.15) is 5.75 Å². The van der Waals surface area contributed by atoms with Crippen molar-refractivity contribution < 1.29 is 32.6 Å². The maximum Gasteiger partial charge on any atom is 0.416 e. The average Bonchev–Trinajstić information content (AvgIpc) is 2.88. The minimum Gasteiger partial charge on any atom is -0.482 e. The summed E-state index contributed by atoms with van der Waals surface area (Å²) >= 11 is 0. The van der Waals surface area contributed by atoms with Crippen LogP contribution in [0.25, 0.3) is 11.6 Å². The van der Waals surface area contributed by atoms with Crippen LogP contribution in [-0.4, -0.2) is 23.6 Å². The lowest BCUT2D eigenvalue weighted by Crippen LogP contribution is -2.09. The molecule has 1 heterocycles. The Morgan fingerprint density at radius 1 is 1.15 bits per heavy atom. The van der Waals surface area contributed by atoms with E-state index in [0.29, 0.717) is 16.9 Å². The van der Waals surface area contributed by atoms with Crippen LogP contribution in [0, 0.1) is 0 Å². The molecule has 2 aromatic carbocycles. The molecule has 1 aliphatic heterocycles. The molecule has 0 aromatic heterocycles. The number of fused-ring (bicyclic) bond motifs is 1. The molecule has 1 aliphatic rings. The Bertz CT molecular complexity index is 902. The van der Waals surface area contributed by atoms with Crippen LogP contribution in [0.5, 0.6) is 5.75 Å². The van der Waals surface area contributed by atoms with Gasteiger partial charge < -0.3 is 15.2 Å². The molecule has 0 saturated heterocycles. The molecule has 134 valence electrons. The number of alkyl halides is 3. The summed E-state index contributed by atoms with van der Waals surface area (Å²) in [5, 5.41) is 11.0. The van der Waals surface area contributed by atoms with E-state index in [0.717, 1.165) is 12.1 Å². The number of aliphatic carboxylic acids is 1. The fourth-order valence-electron chi connectivity index (χ4n) is 2.49. The Morgan fingerprint density at radius 3 is 2.46 bits per heavy atom. The Hall–Kier alpha value is -3.29. The van der Waals surface area contributed by atoms with Crippen molar-refractivity contribution in [3.05, 3.63) is 59.2 Å². The first kappa shape index (κ1) is 17.5. The normalized spacial score (nSPS) is 14.9. The van der Waals surface area contributed by atoms with E-state index in [1.807, 2.05) is 0 Å². The number of rotatable bonds is 4. The highest BCUT2D eigenvalue weighted by Gasteiger charge is 2.33. The summed E-state index contributed by atoms with van der Waals surface area (Å²) in [5.74, 6) is -1.25. The number of nitrogens with one attached hydrogen (secondary N) is 1. The summed E-state index contributed by atoms with van der Waals surface area (Å²) in [4.78, 5) is 22.5. The van der Waals surface area contributed by atoms with Crippen LogP contribution in [0.3, 0.4) is 0 Å². The third kappa shape index (κ3) is 3.69. The zero-order valence-electron chi connectivity index (χ0n) is 13.1. The van der Waals surface area contributed by atoms with Crippen molar-refractivity contribution in [2.24, 2.45) is 0 Å². The van der Waals surface area contributed by atoms with E-state index in [2.05, 4.69) is 5.32 Å². The molecule has 0 unspecified atom stereocenters. The van der Waals surface area contributed by atoms with Crippen LogP contribution < -0.4 is 10.1 Å². The van der Waals surface area contributed by atoms with Gasteiger partial charge in [0, 0.05) is 16.8 Å². The van der Waals surface area contributed by atoms with Gasteiger partial charge in [0.05, 0.1) is 5.56 Å². The molecule has 0 radical (unpaired) electrons. The van der Waals surface area contributed by atoms with Crippen LogP contribution in [0.4, 0.5) is 18.9 Å². The summed E-state index contributed by atoms with van der Waals surface area (Å²) in [6, 6.07) is 9.38. The second-order valence-corrected chi connectivity index (χ2v) is 5.52. The van der Waals surface area contributed by atoms with Gasteiger partial charge in [-0.15, -0.1) is 0 Å². The van der Waals surface area contributed by atoms with Gasteiger partial charge >= 0.3 is 12.1 Å². The van der Waals surface area contributed by atoms with E-state index >= 15 is 0 Å². The minimum absolute atomic E-state index is 0.109. The van der Waals surface area contributed by atoms with E-state index in [9.17, 15) is 22.8 Å². The zero-order valence-corrected chi connectivity index (χ0v) is 13.1. The van der Waals surface area contributed by atoms with E-state index in [-0.39, 0.29) is 11.3 Å². The number of anilines is 1. The van der Waals surface area contributed by atoms with Crippen LogP contribution in [-0.2, 0) is 15.8 Å². The number of carboxylic acid groups (broad SMARTS) is 1. The maximum atomic E-state index is 12.8. The Labute approximate surface area is 145 Å². The van der Waals surface area contributed by atoms with E-state index in [1.165, 1.54) is 24.3 Å². The van der Waals surface area contributed by atoms with Crippen LogP contribution >= 0.6 is 0 Å². The average molecular weight is 363 g/mol. The van der Waals surface area contributed by atoms with Crippen LogP contribution in [0.2, 0.25) is 0 Å². The molecule has 3 rings (SSSR count). The number of ether oxygens (including phenoxy) is 1. The van der Waals surface area contributed by atoms with Crippen LogP contribution in [0.1, 0.15) is 16.7 Å². The smallest absolute Gasteiger partial charge is 0.416 e. The number of amides is 1. The highest BCUT2D eigenvalue weighted by atomic mass is 19.4. The van der Waals surface area contributed by atoms with E-state index < -0.39 is 30.2 Å². The van der Waals surface area contributed by atoms with Gasteiger partial charge in [0.15, 0.2) is 6.61 Å². The van der Waals surface area contributed by atoms with Gasteiger partial charge in [-0.25, -0.2) is 4.79 Å². The Kier molecular flexibility index (Phi) is 4.41. The van der Waals surface area contributed by atoms with Gasteiger partial charge in [-0.2, -0.15) is 13.2 Å². The minimum atomic E-state index is -4.49. The van der Waals surface area contributed by atoms with Crippen molar-refractivity contribution in [3.63, 3.8) is 0 Å². The number of hydrogen-bond donors (Lipinski definition) is 2. The number of carbonyl (C=O) groups is 2. The maximum absolute atomic E-state index is 12.8. The summed E-state index contributed by atoms with van der Waals surface area (Å²) in [6.07, 6.45) is -2.95. The molecule has 1 amide bonds. The largest absolute Gasteiger partial charge is 0.482 e. The van der Waals surface area contributed by atoms with Crippen molar-refractivity contribution in [2.75, 3.05) is 11.9 Å². The molecule has 0 saturated carbocycles. The van der Waals surface area contributed by atoms with Gasteiger partial charge in [0.25, 0.3) is 5.91 Å². The van der Waals surface area contributed by atoms with E-state index in [1.54, 1.807) is 12.1 Å². The molecule has 5 nitrogen and oxygen atoms in total. The first-order chi connectivity index (χ1) is 12.2. The van der Waals surface area contributed by atoms with Gasteiger partial charge in [-0.05, 0) is 35.9 Å². The number of halogens is 3. The lowest BCUT2D eigenvalue weighted by atomic mass is 10.0. The number of carbonyl (C=O) groups excluding carboxylic acids is 1. The fraction of sp³-hybridized carbons (Fsp3) is 0.111. The second kappa shape index (κ2) is 6.55. The highest BCUT2D eigenvalue weighted by Crippen LogP contribution is 2.38. The summed E-state index contributed by atoms with van der Waals surface area (Å²) in [6.45, 7) is -0.474. The van der Waals surface area contributed by atoms with Crippen molar-refractivity contribution in [1.29, 1.82) is 0 Å². The second-order valence-electron chi connectivity index (χ2n) is 5.52. The molecular weight excluding hydrogens is 351 g/mol. The Balaban J connectivity index is 1.86. The molecule has 26 heavy (non-hydrogen) atoms. The molecule has 0 fully saturated rings. The summed E-state index contributed by atoms with van der Waals surface area (Å²) in [5.41, 5.74) is 0.517. The highest BCUT2D eigenvalue weighted by molar-refractivity contribution is 6.34. The molecule has 0 bridgehead atoms. The van der Waals surface area contributed by atoms with Gasteiger partial charge in [-0.3, -0.25) is 4.79 Å². The lowest BCUT2D eigenvalue weighted by Gasteiger charge is -2.08. The van der Waals surface area contributed by atoms with Gasteiger partial charge in [-0.1, -0.05) is 18.2 Å². The third-order valence-corrected chi connectivity index (χ3v) is 3.68. The third-order valence-electron chi connectivity index (χ3n) is 3.68. The zero-order chi connectivity index (χ0) is 18.9. The standard InChI is InChI=1S/C18H12F3NO4/c19-18(20,21)11-3-6-13-14(17(25)22-15(13)8-11)7-10-1-4-12(5-2-10)26-9-16(23)24/h1-8H,9H2,(H,22,25)(H,23,24)/b14-7-. The number of hydrogen-bond acceptors (Lipinski definition) is 3. The lowest BCUT2D eigenvalue weighted by molar-refractivity contribution is -0.139. The molecular formula is C18H12F3NO4.